The number of fused-ring (bicyclic) bond motifs is 1. The van der Waals surface area contributed by atoms with Crippen molar-refractivity contribution >= 4 is 5.91 Å². The smallest absolute Gasteiger partial charge is 0.217 e. The summed E-state index contributed by atoms with van der Waals surface area (Å²) >= 11 is 0. The van der Waals surface area contributed by atoms with Crippen LogP contribution in [0.5, 0.6) is 11.5 Å². The van der Waals surface area contributed by atoms with Gasteiger partial charge in [-0.15, -0.1) is 0 Å². The van der Waals surface area contributed by atoms with E-state index in [0.717, 1.165) is 48.8 Å². The van der Waals surface area contributed by atoms with E-state index in [9.17, 15) is 4.79 Å². The molecule has 2 aromatic rings. The first-order valence-electron chi connectivity index (χ1n) is 9.00. The maximum Gasteiger partial charge on any atom is 0.217 e. The van der Waals surface area contributed by atoms with Gasteiger partial charge in [0.25, 0.3) is 0 Å². The van der Waals surface area contributed by atoms with Crippen molar-refractivity contribution < 1.29 is 14.3 Å². The van der Waals surface area contributed by atoms with Crippen molar-refractivity contribution in [1.82, 2.24) is 20.0 Å². The first-order valence-corrected chi connectivity index (χ1v) is 9.00. The summed E-state index contributed by atoms with van der Waals surface area (Å²) in [5.41, 5.74) is 3.17. The lowest BCUT2D eigenvalue weighted by Crippen LogP contribution is -2.35. The molecule has 2 aliphatic rings. The molecule has 1 fully saturated rings. The Bertz CT molecular complexity index is 817. The van der Waals surface area contributed by atoms with Gasteiger partial charge in [0, 0.05) is 57.0 Å². The monoisotopic (exact) mass is 356 g/mol. The molecule has 26 heavy (non-hydrogen) atoms. The number of benzene rings is 1. The summed E-state index contributed by atoms with van der Waals surface area (Å²) in [7, 11) is 1.94. The minimum atomic E-state index is 0.0372. The van der Waals surface area contributed by atoms with Gasteiger partial charge in [0.1, 0.15) is 13.2 Å². The molecule has 1 atom stereocenters. The van der Waals surface area contributed by atoms with Crippen LogP contribution in [0.25, 0.3) is 11.3 Å². The van der Waals surface area contributed by atoms with Gasteiger partial charge in [-0.1, -0.05) is 0 Å². The highest BCUT2D eigenvalue weighted by atomic mass is 16.6. The zero-order valence-electron chi connectivity index (χ0n) is 15.2. The Morgan fingerprint density at radius 1 is 1.31 bits per heavy atom. The maximum absolute atomic E-state index is 11.3. The molecule has 7 heteroatoms. The van der Waals surface area contributed by atoms with E-state index in [4.69, 9.17) is 9.47 Å². The summed E-state index contributed by atoms with van der Waals surface area (Å²) in [6.07, 6.45) is 3.05. The summed E-state index contributed by atoms with van der Waals surface area (Å²) in [6.45, 7) is 5.39. The summed E-state index contributed by atoms with van der Waals surface area (Å²) in [4.78, 5) is 13.6. The fraction of sp³-hybridized carbons (Fsp3) is 0.474. The minimum absolute atomic E-state index is 0.0372. The van der Waals surface area contributed by atoms with Gasteiger partial charge in [-0.05, 0) is 24.6 Å². The molecule has 138 valence electrons. The van der Waals surface area contributed by atoms with Gasteiger partial charge in [0.05, 0.1) is 5.69 Å². The summed E-state index contributed by atoms with van der Waals surface area (Å²) < 4.78 is 13.2. The number of ether oxygens (including phenoxy) is 2. The predicted octanol–water partition coefficient (Wildman–Crippen LogP) is 1.57. The second-order valence-electron chi connectivity index (χ2n) is 6.96. The molecule has 1 N–H and O–H groups in total. The van der Waals surface area contributed by atoms with Crippen molar-refractivity contribution in [3.63, 3.8) is 0 Å². The van der Waals surface area contributed by atoms with Crippen LogP contribution in [0.3, 0.4) is 0 Å². The van der Waals surface area contributed by atoms with Crippen molar-refractivity contribution in [1.29, 1.82) is 0 Å². The lowest BCUT2D eigenvalue weighted by atomic mass is 10.1. The third kappa shape index (κ3) is 3.53. The molecule has 7 nitrogen and oxygen atoms in total. The van der Waals surface area contributed by atoms with Gasteiger partial charge < -0.3 is 14.8 Å². The van der Waals surface area contributed by atoms with E-state index in [2.05, 4.69) is 21.5 Å². The van der Waals surface area contributed by atoms with Crippen LogP contribution in [0.4, 0.5) is 0 Å². The van der Waals surface area contributed by atoms with Gasteiger partial charge in [-0.2, -0.15) is 5.10 Å². The summed E-state index contributed by atoms with van der Waals surface area (Å²) in [5, 5.41) is 7.67. The number of hydrogen-bond acceptors (Lipinski definition) is 5. The van der Waals surface area contributed by atoms with E-state index in [1.165, 1.54) is 5.56 Å². The molecule has 0 saturated carbocycles. The molecular formula is C19H24N4O3. The average Bonchev–Trinajstić information content (AvgIpc) is 3.20. The predicted molar refractivity (Wildman–Crippen MR) is 97.1 cm³/mol. The molecule has 0 aliphatic carbocycles. The molecule has 1 amide bonds. The minimum Gasteiger partial charge on any atom is -0.486 e. The fourth-order valence-electron chi connectivity index (χ4n) is 3.71. The molecule has 2 aliphatic heterocycles. The Kier molecular flexibility index (Phi) is 4.55. The number of carbonyl (C=O) groups is 1. The molecule has 0 bridgehead atoms. The summed E-state index contributed by atoms with van der Waals surface area (Å²) in [5.74, 6) is 1.60. The number of aryl methyl sites for hydroxylation is 1. The Hall–Kier alpha value is -2.54. The maximum atomic E-state index is 11.3. The molecule has 1 saturated heterocycles. The lowest BCUT2D eigenvalue weighted by molar-refractivity contribution is -0.119. The standard InChI is InChI=1S/C19H24N4O3/c1-13(24)20-16-5-6-23(12-16)11-15-10-22(2)21-19(15)14-3-4-17-18(9-14)26-8-7-25-17/h3-4,9-10,16H,5-8,11-12H2,1-2H3,(H,20,24)/t16-/m0/s1. The topological polar surface area (TPSA) is 68.6 Å². The highest BCUT2D eigenvalue weighted by molar-refractivity contribution is 5.73. The average molecular weight is 356 g/mol. The number of nitrogens with zero attached hydrogens (tertiary/aromatic N) is 3. The van der Waals surface area contributed by atoms with E-state index in [1.807, 2.05) is 29.9 Å². The van der Waals surface area contributed by atoms with Crippen LogP contribution in [0.2, 0.25) is 0 Å². The number of amides is 1. The van der Waals surface area contributed by atoms with Crippen molar-refractivity contribution in [3.8, 4) is 22.8 Å². The Labute approximate surface area is 152 Å². The largest absolute Gasteiger partial charge is 0.486 e. The number of hydrogen-bond donors (Lipinski definition) is 1. The molecule has 4 rings (SSSR count). The van der Waals surface area contributed by atoms with Crippen molar-refractivity contribution in [2.45, 2.75) is 25.9 Å². The fourth-order valence-corrected chi connectivity index (χ4v) is 3.71. The van der Waals surface area contributed by atoms with Gasteiger partial charge in [0.2, 0.25) is 5.91 Å². The SMILES string of the molecule is CC(=O)N[C@H]1CCN(Cc2cn(C)nc2-c2ccc3c(c2)OCCO3)C1. The highest BCUT2D eigenvalue weighted by Gasteiger charge is 2.25. The number of likely N-dealkylation sites (tertiary alicyclic amines) is 1. The zero-order valence-corrected chi connectivity index (χ0v) is 15.2. The molecule has 1 aromatic carbocycles. The molecule has 0 unspecified atom stereocenters. The Balaban J connectivity index is 1.53. The second kappa shape index (κ2) is 6.99. The third-order valence-electron chi connectivity index (χ3n) is 4.79. The Morgan fingerprint density at radius 3 is 2.92 bits per heavy atom. The molecular weight excluding hydrogens is 332 g/mol. The quantitative estimate of drug-likeness (QED) is 0.901. The molecule has 3 heterocycles. The van der Waals surface area contributed by atoms with Gasteiger partial charge in [-0.25, -0.2) is 0 Å². The van der Waals surface area contributed by atoms with Crippen LogP contribution in [0.1, 0.15) is 18.9 Å². The van der Waals surface area contributed by atoms with Crippen LogP contribution in [-0.4, -0.2) is 52.9 Å². The normalized spacial score (nSPS) is 19.5. The van der Waals surface area contributed by atoms with Crippen LogP contribution in [0.15, 0.2) is 24.4 Å². The number of aromatic nitrogens is 2. The van der Waals surface area contributed by atoms with Crippen molar-refractivity contribution in [3.05, 3.63) is 30.0 Å². The van der Waals surface area contributed by atoms with Gasteiger partial charge in [0.15, 0.2) is 11.5 Å². The highest BCUT2D eigenvalue weighted by Crippen LogP contribution is 2.35. The summed E-state index contributed by atoms with van der Waals surface area (Å²) in [6, 6.07) is 6.22. The molecule has 0 radical (unpaired) electrons. The number of carbonyl (C=O) groups excluding carboxylic acids is 1. The van der Waals surface area contributed by atoms with E-state index in [1.54, 1.807) is 6.92 Å². The number of rotatable bonds is 4. The van der Waals surface area contributed by atoms with Crippen LogP contribution < -0.4 is 14.8 Å². The second-order valence-corrected chi connectivity index (χ2v) is 6.96. The van der Waals surface area contributed by atoms with E-state index in [-0.39, 0.29) is 11.9 Å². The Morgan fingerprint density at radius 2 is 2.12 bits per heavy atom. The number of nitrogens with one attached hydrogen (secondary N) is 1. The third-order valence-corrected chi connectivity index (χ3v) is 4.79. The van der Waals surface area contributed by atoms with E-state index >= 15 is 0 Å². The van der Waals surface area contributed by atoms with Gasteiger partial charge in [-0.3, -0.25) is 14.4 Å². The van der Waals surface area contributed by atoms with Crippen molar-refractivity contribution in [2.24, 2.45) is 7.05 Å². The van der Waals surface area contributed by atoms with Crippen LogP contribution in [-0.2, 0) is 18.4 Å². The van der Waals surface area contributed by atoms with E-state index in [0.29, 0.717) is 13.2 Å². The first-order chi connectivity index (χ1) is 12.6. The van der Waals surface area contributed by atoms with Gasteiger partial charge >= 0.3 is 0 Å². The van der Waals surface area contributed by atoms with Crippen LogP contribution >= 0.6 is 0 Å². The van der Waals surface area contributed by atoms with Crippen molar-refractivity contribution in [2.75, 3.05) is 26.3 Å². The zero-order chi connectivity index (χ0) is 18.1. The van der Waals surface area contributed by atoms with Crippen LogP contribution in [0, 0.1) is 0 Å². The first kappa shape index (κ1) is 16.9. The molecule has 0 spiro atoms. The lowest BCUT2D eigenvalue weighted by Gasteiger charge is -2.19. The van der Waals surface area contributed by atoms with E-state index < -0.39 is 0 Å². The molecule has 1 aromatic heterocycles.